The Morgan fingerprint density at radius 3 is 2.50 bits per heavy atom. The van der Waals surface area contributed by atoms with E-state index >= 15 is 0 Å². The molecule has 0 spiro atoms. The first kappa shape index (κ1) is 10.4. The Bertz CT molecular complexity index is 370. The Morgan fingerprint density at radius 2 is 2.00 bits per heavy atom. The van der Waals surface area contributed by atoms with E-state index in [4.69, 9.17) is 4.52 Å². The summed E-state index contributed by atoms with van der Waals surface area (Å²) >= 11 is 0. The van der Waals surface area contributed by atoms with Crippen LogP contribution < -0.4 is 0 Å². The lowest BCUT2D eigenvalue weighted by atomic mass is 10.3. The number of aryl methyl sites for hydroxylation is 1. The van der Waals surface area contributed by atoms with Gasteiger partial charge in [0.15, 0.2) is 0 Å². The number of nitrogens with zero attached hydrogens (tertiary/aromatic N) is 3. The minimum Gasteiger partial charge on any atom is -0.339 e. The normalized spacial score (nSPS) is 9.07. The first-order valence-corrected chi connectivity index (χ1v) is 4.58. The molecule has 0 aromatic carbocycles. The number of rotatable bonds is 1. The summed E-state index contributed by atoms with van der Waals surface area (Å²) in [6.45, 7) is 5.75. The molecule has 2 aromatic rings. The van der Waals surface area contributed by atoms with Crippen molar-refractivity contribution in [1.82, 2.24) is 15.1 Å². The van der Waals surface area contributed by atoms with Crippen molar-refractivity contribution >= 4 is 0 Å². The molecule has 0 saturated heterocycles. The van der Waals surface area contributed by atoms with Crippen molar-refractivity contribution in [1.29, 1.82) is 0 Å². The van der Waals surface area contributed by atoms with Crippen LogP contribution in [-0.2, 0) is 0 Å². The van der Waals surface area contributed by atoms with E-state index in [1.54, 1.807) is 13.1 Å². The molecule has 0 aliphatic carbocycles. The van der Waals surface area contributed by atoms with Crippen LogP contribution in [0.25, 0.3) is 11.5 Å². The molecule has 0 aliphatic rings. The molecule has 2 aromatic heterocycles. The first-order chi connectivity index (χ1) is 6.86. The van der Waals surface area contributed by atoms with Crippen molar-refractivity contribution in [3.63, 3.8) is 0 Å². The summed E-state index contributed by atoms with van der Waals surface area (Å²) in [6.07, 6.45) is 1.70. The monoisotopic (exact) mass is 191 g/mol. The molecule has 0 aliphatic heterocycles. The highest BCUT2D eigenvalue weighted by Crippen LogP contribution is 2.10. The van der Waals surface area contributed by atoms with Gasteiger partial charge < -0.3 is 4.52 Å². The van der Waals surface area contributed by atoms with Gasteiger partial charge in [-0.25, -0.2) is 0 Å². The van der Waals surface area contributed by atoms with Gasteiger partial charge in [0.2, 0.25) is 11.7 Å². The standard InChI is InChI=1S/C8H7N3O.C2H6/c1-6-10-8(11-12-6)7-4-2-3-5-9-7;1-2/h2-5H,1H3;1-2H3. The second kappa shape index (κ2) is 5.11. The Kier molecular flexibility index (Phi) is 3.79. The summed E-state index contributed by atoms with van der Waals surface area (Å²) in [7, 11) is 0. The smallest absolute Gasteiger partial charge is 0.223 e. The van der Waals surface area contributed by atoms with Crippen molar-refractivity contribution in [2.75, 3.05) is 0 Å². The Labute approximate surface area is 83.0 Å². The van der Waals surface area contributed by atoms with Crippen LogP contribution in [0.5, 0.6) is 0 Å². The molecule has 0 radical (unpaired) electrons. The second-order valence-corrected chi connectivity index (χ2v) is 2.35. The highest BCUT2D eigenvalue weighted by Gasteiger charge is 2.04. The highest BCUT2D eigenvalue weighted by atomic mass is 16.5. The average molecular weight is 191 g/mol. The zero-order valence-corrected chi connectivity index (χ0v) is 8.56. The topological polar surface area (TPSA) is 51.8 Å². The van der Waals surface area contributed by atoms with Crippen LogP contribution in [0.3, 0.4) is 0 Å². The lowest BCUT2D eigenvalue weighted by molar-refractivity contribution is 0.394. The summed E-state index contributed by atoms with van der Waals surface area (Å²) in [4.78, 5) is 8.12. The SMILES string of the molecule is CC.Cc1nc(-c2ccccn2)no1. The minimum absolute atomic E-state index is 0.535. The van der Waals surface area contributed by atoms with Crippen LogP contribution in [0.2, 0.25) is 0 Å². The van der Waals surface area contributed by atoms with Gasteiger partial charge in [-0.2, -0.15) is 4.98 Å². The fourth-order valence-electron chi connectivity index (χ4n) is 0.898. The summed E-state index contributed by atoms with van der Waals surface area (Å²) in [5, 5.41) is 3.74. The van der Waals surface area contributed by atoms with Crippen LogP contribution in [0.15, 0.2) is 28.9 Å². The third kappa shape index (κ3) is 2.39. The van der Waals surface area contributed by atoms with Gasteiger partial charge in [-0.05, 0) is 12.1 Å². The van der Waals surface area contributed by atoms with Gasteiger partial charge in [0.25, 0.3) is 0 Å². The maximum absolute atomic E-state index is 4.82. The zero-order chi connectivity index (χ0) is 10.4. The van der Waals surface area contributed by atoms with Gasteiger partial charge in [-0.3, -0.25) is 4.98 Å². The lowest BCUT2D eigenvalue weighted by Gasteiger charge is -1.88. The van der Waals surface area contributed by atoms with E-state index in [0.717, 1.165) is 5.69 Å². The third-order valence-corrected chi connectivity index (χ3v) is 1.42. The van der Waals surface area contributed by atoms with Crippen LogP contribution in [0.1, 0.15) is 19.7 Å². The molecule has 2 heterocycles. The predicted octanol–water partition coefficient (Wildman–Crippen LogP) is 2.47. The van der Waals surface area contributed by atoms with Gasteiger partial charge in [-0.15, -0.1) is 0 Å². The van der Waals surface area contributed by atoms with E-state index in [-0.39, 0.29) is 0 Å². The summed E-state index contributed by atoms with van der Waals surface area (Å²) < 4.78 is 4.82. The van der Waals surface area contributed by atoms with E-state index in [9.17, 15) is 0 Å². The number of hydrogen-bond acceptors (Lipinski definition) is 4. The molecule has 14 heavy (non-hydrogen) atoms. The van der Waals surface area contributed by atoms with Gasteiger partial charge in [-0.1, -0.05) is 25.1 Å². The molecule has 0 atom stereocenters. The Hall–Kier alpha value is -1.71. The molecule has 0 fully saturated rings. The predicted molar refractivity (Wildman–Crippen MR) is 53.6 cm³/mol. The molecule has 2 rings (SSSR count). The largest absolute Gasteiger partial charge is 0.339 e. The quantitative estimate of drug-likeness (QED) is 0.694. The number of pyridine rings is 1. The number of hydrogen-bond donors (Lipinski definition) is 0. The molecular weight excluding hydrogens is 178 g/mol. The van der Waals surface area contributed by atoms with Crippen LogP contribution >= 0.6 is 0 Å². The van der Waals surface area contributed by atoms with Crippen molar-refractivity contribution in [3.05, 3.63) is 30.3 Å². The van der Waals surface area contributed by atoms with Gasteiger partial charge in [0.1, 0.15) is 5.69 Å². The Morgan fingerprint density at radius 1 is 1.21 bits per heavy atom. The van der Waals surface area contributed by atoms with Crippen molar-refractivity contribution in [2.45, 2.75) is 20.8 Å². The molecule has 0 unspecified atom stereocenters. The molecule has 0 amide bonds. The molecule has 0 saturated carbocycles. The summed E-state index contributed by atoms with van der Waals surface area (Å²) in [6, 6.07) is 5.56. The molecule has 0 N–H and O–H groups in total. The molecule has 4 nitrogen and oxygen atoms in total. The number of aromatic nitrogens is 3. The fraction of sp³-hybridized carbons (Fsp3) is 0.300. The molecule has 0 bridgehead atoms. The van der Waals surface area contributed by atoms with Crippen molar-refractivity contribution in [2.24, 2.45) is 0 Å². The maximum Gasteiger partial charge on any atom is 0.223 e. The van der Waals surface area contributed by atoms with Gasteiger partial charge in [0, 0.05) is 13.1 Å². The average Bonchev–Trinajstić information content (AvgIpc) is 2.69. The van der Waals surface area contributed by atoms with Gasteiger partial charge in [0.05, 0.1) is 0 Å². The minimum atomic E-state index is 0.535. The molecule has 4 heteroatoms. The van der Waals surface area contributed by atoms with E-state index < -0.39 is 0 Å². The maximum atomic E-state index is 4.82. The lowest BCUT2D eigenvalue weighted by Crippen LogP contribution is -1.83. The van der Waals surface area contributed by atoms with E-state index in [1.165, 1.54) is 0 Å². The van der Waals surface area contributed by atoms with Crippen LogP contribution in [-0.4, -0.2) is 15.1 Å². The fourth-order valence-corrected chi connectivity index (χ4v) is 0.898. The third-order valence-electron chi connectivity index (χ3n) is 1.42. The molecule has 74 valence electrons. The van der Waals surface area contributed by atoms with Gasteiger partial charge >= 0.3 is 0 Å². The summed E-state index contributed by atoms with van der Waals surface area (Å²) in [5.41, 5.74) is 0.731. The first-order valence-electron chi connectivity index (χ1n) is 4.58. The Balaban J connectivity index is 0.000000461. The second-order valence-electron chi connectivity index (χ2n) is 2.35. The zero-order valence-electron chi connectivity index (χ0n) is 8.56. The van der Waals surface area contributed by atoms with Crippen LogP contribution in [0.4, 0.5) is 0 Å². The van der Waals surface area contributed by atoms with Crippen molar-refractivity contribution in [3.8, 4) is 11.5 Å². The summed E-state index contributed by atoms with van der Waals surface area (Å²) in [5.74, 6) is 1.09. The van der Waals surface area contributed by atoms with E-state index in [0.29, 0.717) is 11.7 Å². The van der Waals surface area contributed by atoms with E-state index in [1.807, 2.05) is 32.0 Å². The van der Waals surface area contributed by atoms with Crippen molar-refractivity contribution < 1.29 is 4.52 Å². The van der Waals surface area contributed by atoms with E-state index in [2.05, 4.69) is 15.1 Å². The molecular formula is C10H13N3O. The van der Waals surface area contributed by atoms with Crippen LogP contribution in [0, 0.1) is 6.92 Å². The highest BCUT2D eigenvalue weighted by molar-refractivity contribution is 5.46.